The van der Waals surface area contributed by atoms with Crippen LogP contribution in [0.25, 0.3) is 0 Å². The lowest BCUT2D eigenvalue weighted by atomic mass is 10.3. The Morgan fingerprint density at radius 3 is 2.89 bits per heavy atom. The Bertz CT molecular complexity index is 408. The van der Waals surface area contributed by atoms with E-state index in [1.54, 1.807) is 24.0 Å². The van der Waals surface area contributed by atoms with Gasteiger partial charge >= 0.3 is 5.97 Å². The van der Waals surface area contributed by atoms with Crippen LogP contribution in [0.5, 0.6) is 0 Å². The van der Waals surface area contributed by atoms with Crippen LogP contribution in [0, 0.1) is 0 Å². The highest BCUT2D eigenvalue weighted by Gasteiger charge is 2.10. The first-order valence-electron chi connectivity index (χ1n) is 5.48. The van der Waals surface area contributed by atoms with Crippen molar-refractivity contribution < 1.29 is 19.4 Å². The van der Waals surface area contributed by atoms with Gasteiger partial charge in [0.2, 0.25) is 0 Å². The predicted molar refractivity (Wildman–Crippen MR) is 67.4 cm³/mol. The van der Waals surface area contributed by atoms with E-state index in [1.165, 1.54) is 10.9 Å². The van der Waals surface area contributed by atoms with Gasteiger partial charge in [-0.05, 0) is 11.4 Å². The number of nitrogens with one attached hydrogen (secondary N) is 1. The molecule has 0 aliphatic carbocycles. The molecule has 0 fully saturated rings. The number of aliphatic carboxylic acids is 1. The SMILES string of the molecule is CSCCNC(=O)c1cc[n+](CCC(=O)O)nc1. The Morgan fingerprint density at radius 1 is 1.56 bits per heavy atom. The minimum Gasteiger partial charge on any atom is -0.481 e. The summed E-state index contributed by atoms with van der Waals surface area (Å²) in [5.74, 6) is -0.171. The smallest absolute Gasteiger partial charge is 0.309 e. The largest absolute Gasteiger partial charge is 0.481 e. The van der Waals surface area contributed by atoms with E-state index in [-0.39, 0.29) is 12.3 Å². The molecule has 0 atom stereocenters. The van der Waals surface area contributed by atoms with Gasteiger partial charge in [-0.15, -0.1) is 0 Å². The second-order valence-electron chi connectivity index (χ2n) is 3.57. The molecule has 0 unspecified atom stereocenters. The van der Waals surface area contributed by atoms with E-state index in [4.69, 9.17) is 5.11 Å². The fourth-order valence-corrected chi connectivity index (χ4v) is 1.54. The van der Waals surface area contributed by atoms with Gasteiger partial charge in [0.25, 0.3) is 5.91 Å². The van der Waals surface area contributed by atoms with E-state index in [2.05, 4.69) is 10.4 Å². The number of carbonyl (C=O) groups is 2. The van der Waals surface area contributed by atoms with Crippen LogP contribution in [0.15, 0.2) is 18.5 Å². The van der Waals surface area contributed by atoms with Gasteiger partial charge in [-0.3, -0.25) is 9.59 Å². The summed E-state index contributed by atoms with van der Waals surface area (Å²) in [6, 6.07) is 1.63. The molecule has 0 aliphatic heterocycles. The summed E-state index contributed by atoms with van der Waals surface area (Å²) >= 11 is 1.66. The lowest BCUT2D eigenvalue weighted by molar-refractivity contribution is -0.753. The molecule has 2 N–H and O–H groups in total. The number of aromatic nitrogens is 2. The van der Waals surface area contributed by atoms with Gasteiger partial charge in [0, 0.05) is 18.4 Å². The number of carboxylic acid groups (broad SMARTS) is 1. The topological polar surface area (TPSA) is 83.2 Å². The first kappa shape index (κ1) is 14.4. The third-order valence-electron chi connectivity index (χ3n) is 2.18. The number of hydrogen-bond acceptors (Lipinski definition) is 4. The Labute approximate surface area is 109 Å². The van der Waals surface area contributed by atoms with Crippen molar-refractivity contribution in [2.24, 2.45) is 0 Å². The molecule has 1 heterocycles. The van der Waals surface area contributed by atoms with Gasteiger partial charge in [0.15, 0.2) is 12.7 Å². The van der Waals surface area contributed by atoms with E-state index in [1.807, 2.05) is 6.26 Å². The van der Waals surface area contributed by atoms with Crippen molar-refractivity contribution in [1.29, 1.82) is 0 Å². The van der Waals surface area contributed by atoms with Gasteiger partial charge in [-0.2, -0.15) is 11.8 Å². The first-order chi connectivity index (χ1) is 8.63. The minimum absolute atomic E-state index is 0.0108. The van der Waals surface area contributed by atoms with E-state index < -0.39 is 5.97 Å². The average molecular weight is 270 g/mol. The van der Waals surface area contributed by atoms with E-state index >= 15 is 0 Å². The van der Waals surface area contributed by atoms with E-state index in [9.17, 15) is 9.59 Å². The summed E-state index contributed by atoms with van der Waals surface area (Å²) in [6.07, 6.45) is 5.03. The third kappa shape index (κ3) is 5.13. The van der Waals surface area contributed by atoms with Crippen LogP contribution < -0.4 is 10.00 Å². The van der Waals surface area contributed by atoms with Crippen LogP contribution in [0.4, 0.5) is 0 Å². The van der Waals surface area contributed by atoms with E-state index in [0.717, 1.165) is 5.75 Å². The molecule has 6 nitrogen and oxygen atoms in total. The van der Waals surface area contributed by atoms with Crippen LogP contribution in [0.1, 0.15) is 16.8 Å². The molecule has 0 radical (unpaired) electrons. The molecule has 7 heteroatoms. The molecule has 0 saturated heterocycles. The lowest BCUT2D eigenvalue weighted by Crippen LogP contribution is -2.39. The summed E-state index contributed by atoms with van der Waals surface area (Å²) in [7, 11) is 0. The molecule has 1 rings (SSSR count). The van der Waals surface area contributed by atoms with Crippen molar-refractivity contribution in [2.45, 2.75) is 13.0 Å². The van der Waals surface area contributed by atoms with Crippen LogP contribution in [-0.4, -0.2) is 40.6 Å². The van der Waals surface area contributed by atoms with Gasteiger partial charge < -0.3 is 10.4 Å². The quantitative estimate of drug-likeness (QED) is 0.535. The van der Waals surface area contributed by atoms with Crippen molar-refractivity contribution in [3.63, 3.8) is 0 Å². The van der Waals surface area contributed by atoms with Crippen LogP contribution in [-0.2, 0) is 11.3 Å². The molecule has 18 heavy (non-hydrogen) atoms. The maximum absolute atomic E-state index is 11.6. The molecule has 0 saturated carbocycles. The van der Waals surface area contributed by atoms with Crippen molar-refractivity contribution in [1.82, 2.24) is 10.4 Å². The Morgan fingerprint density at radius 2 is 2.33 bits per heavy atom. The van der Waals surface area contributed by atoms with Crippen LogP contribution >= 0.6 is 11.8 Å². The highest BCUT2D eigenvalue weighted by molar-refractivity contribution is 7.98. The predicted octanol–water partition coefficient (Wildman–Crippen LogP) is -0.0634. The monoisotopic (exact) mass is 270 g/mol. The molecular formula is C11H16N3O3S+. The van der Waals surface area contributed by atoms with E-state index in [0.29, 0.717) is 18.7 Å². The highest BCUT2D eigenvalue weighted by atomic mass is 32.2. The number of carboxylic acids is 1. The minimum atomic E-state index is -0.872. The van der Waals surface area contributed by atoms with Gasteiger partial charge in [0.1, 0.15) is 12.6 Å². The number of carbonyl (C=O) groups excluding carboxylic acids is 1. The molecular weight excluding hydrogens is 254 g/mol. The number of nitrogens with zero attached hydrogens (tertiary/aromatic N) is 2. The summed E-state index contributed by atoms with van der Waals surface area (Å²) < 4.78 is 1.49. The fraction of sp³-hybridized carbons (Fsp3) is 0.455. The second kappa shape index (κ2) is 7.65. The third-order valence-corrected chi connectivity index (χ3v) is 2.79. The molecule has 0 aliphatic rings. The molecule has 0 aromatic carbocycles. The zero-order valence-corrected chi connectivity index (χ0v) is 10.9. The maximum Gasteiger partial charge on any atom is 0.309 e. The Balaban J connectivity index is 2.48. The van der Waals surface area contributed by atoms with Crippen LogP contribution in [0.3, 0.4) is 0 Å². The lowest BCUT2D eigenvalue weighted by Gasteiger charge is -2.02. The van der Waals surface area contributed by atoms with Crippen molar-refractivity contribution in [3.05, 3.63) is 24.0 Å². The molecule has 1 aromatic heterocycles. The van der Waals surface area contributed by atoms with Crippen LogP contribution in [0.2, 0.25) is 0 Å². The Hall–Kier alpha value is -1.63. The number of aryl methyl sites for hydroxylation is 1. The summed E-state index contributed by atoms with van der Waals surface area (Å²) in [5, 5.41) is 15.3. The first-order valence-corrected chi connectivity index (χ1v) is 6.87. The summed E-state index contributed by atoms with van der Waals surface area (Å²) in [6.45, 7) is 0.914. The second-order valence-corrected chi connectivity index (χ2v) is 4.56. The van der Waals surface area contributed by atoms with Crippen molar-refractivity contribution >= 4 is 23.6 Å². The summed E-state index contributed by atoms with van der Waals surface area (Å²) in [5.41, 5.74) is 0.475. The zero-order valence-electron chi connectivity index (χ0n) is 10.1. The number of rotatable bonds is 7. The summed E-state index contributed by atoms with van der Waals surface area (Å²) in [4.78, 5) is 22.0. The molecule has 0 bridgehead atoms. The molecule has 0 spiro atoms. The van der Waals surface area contributed by atoms with Crippen molar-refractivity contribution in [2.75, 3.05) is 18.6 Å². The van der Waals surface area contributed by atoms with Gasteiger partial charge in [0.05, 0.1) is 5.56 Å². The van der Waals surface area contributed by atoms with Gasteiger partial charge in [-0.1, -0.05) is 4.68 Å². The fourth-order valence-electron chi connectivity index (χ4n) is 1.23. The normalized spacial score (nSPS) is 10.1. The standard InChI is InChI=1S/C11H15N3O3S/c1-18-7-4-12-11(17)9-2-5-14(13-8-9)6-3-10(15)16/h2,5,8H,3-4,6-7H2,1H3,(H-,12,15,16,17)/p+1. The number of hydrogen-bond donors (Lipinski definition) is 2. The maximum atomic E-state index is 11.6. The Kier molecular flexibility index (Phi) is 6.13. The molecule has 98 valence electrons. The molecule has 1 amide bonds. The highest BCUT2D eigenvalue weighted by Crippen LogP contribution is 1.94. The van der Waals surface area contributed by atoms with Crippen molar-refractivity contribution in [3.8, 4) is 0 Å². The molecule has 1 aromatic rings. The number of amides is 1. The van der Waals surface area contributed by atoms with Gasteiger partial charge in [-0.25, -0.2) is 0 Å². The zero-order chi connectivity index (χ0) is 13.4. The number of thioether (sulfide) groups is 1. The average Bonchev–Trinajstić information content (AvgIpc) is 2.37.